The first-order chi connectivity index (χ1) is 9.15. The molecule has 0 aliphatic rings. The molecule has 1 amide bonds. The van der Waals surface area contributed by atoms with Crippen LogP contribution in [-0.4, -0.2) is 10.9 Å². The first-order valence-electron chi connectivity index (χ1n) is 6.38. The Labute approximate surface area is 117 Å². The summed E-state index contributed by atoms with van der Waals surface area (Å²) >= 11 is 1.68. The third-order valence-electron chi connectivity index (χ3n) is 2.97. The summed E-state index contributed by atoms with van der Waals surface area (Å²) in [5.74, 6) is 0.0781. The van der Waals surface area contributed by atoms with Crippen molar-refractivity contribution in [2.24, 2.45) is 0 Å². The summed E-state index contributed by atoms with van der Waals surface area (Å²) in [4.78, 5) is 17.4. The highest BCUT2D eigenvalue weighted by Gasteiger charge is 2.07. The van der Waals surface area contributed by atoms with Gasteiger partial charge in [0.25, 0.3) is 0 Å². The summed E-state index contributed by atoms with van der Waals surface area (Å²) in [6, 6.07) is 9.94. The molecule has 0 atom stereocenters. The topological polar surface area (TPSA) is 42.0 Å². The number of nitrogens with one attached hydrogen (secondary N) is 1. The van der Waals surface area contributed by atoms with E-state index in [-0.39, 0.29) is 5.91 Å². The Morgan fingerprint density at radius 3 is 2.63 bits per heavy atom. The predicted octanol–water partition coefficient (Wildman–Crippen LogP) is 3.01. The van der Waals surface area contributed by atoms with Crippen molar-refractivity contribution in [2.45, 2.75) is 33.2 Å². The van der Waals surface area contributed by atoms with Gasteiger partial charge in [-0.3, -0.25) is 4.79 Å². The maximum Gasteiger partial charge on any atom is 0.220 e. The molecular formula is C15H18N2OS. The molecule has 0 unspecified atom stereocenters. The minimum absolute atomic E-state index is 0.0781. The number of rotatable bonds is 5. The molecule has 0 saturated carbocycles. The molecule has 1 aromatic carbocycles. The van der Waals surface area contributed by atoms with E-state index in [0.717, 1.165) is 22.7 Å². The second-order valence-corrected chi connectivity index (χ2v) is 5.80. The van der Waals surface area contributed by atoms with Crippen LogP contribution >= 0.6 is 11.3 Å². The Morgan fingerprint density at radius 2 is 2.00 bits per heavy atom. The molecule has 19 heavy (non-hydrogen) atoms. The number of amides is 1. The van der Waals surface area contributed by atoms with E-state index in [9.17, 15) is 4.79 Å². The van der Waals surface area contributed by atoms with Crippen molar-refractivity contribution in [3.8, 4) is 0 Å². The van der Waals surface area contributed by atoms with E-state index in [2.05, 4.69) is 17.2 Å². The van der Waals surface area contributed by atoms with E-state index in [4.69, 9.17) is 0 Å². The minimum Gasteiger partial charge on any atom is -0.352 e. The molecule has 0 radical (unpaired) electrons. The van der Waals surface area contributed by atoms with Gasteiger partial charge in [0.1, 0.15) is 0 Å². The number of thiazole rings is 1. The van der Waals surface area contributed by atoms with Crippen LogP contribution in [0.4, 0.5) is 0 Å². The van der Waals surface area contributed by atoms with Crippen LogP contribution in [0.3, 0.4) is 0 Å². The normalized spacial score (nSPS) is 10.4. The van der Waals surface area contributed by atoms with Crippen molar-refractivity contribution in [3.63, 3.8) is 0 Å². The molecule has 0 aliphatic carbocycles. The molecule has 0 spiro atoms. The lowest BCUT2D eigenvalue weighted by Crippen LogP contribution is -2.22. The Hall–Kier alpha value is -1.68. The van der Waals surface area contributed by atoms with Crippen molar-refractivity contribution in [1.82, 2.24) is 10.3 Å². The average Bonchev–Trinajstić information content (AvgIpc) is 2.74. The molecule has 0 bridgehead atoms. The maximum atomic E-state index is 11.7. The van der Waals surface area contributed by atoms with E-state index >= 15 is 0 Å². The number of carbonyl (C=O) groups excluding carboxylic acids is 1. The van der Waals surface area contributed by atoms with Gasteiger partial charge in [-0.15, -0.1) is 11.3 Å². The summed E-state index contributed by atoms with van der Waals surface area (Å²) in [6.45, 7) is 4.66. The molecule has 1 heterocycles. The first-order valence-corrected chi connectivity index (χ1v) is 7.20. The zero-order valence-electron chi connectivity index (χ0n) is 11.3. The summed E-state index contributed by atoms with van der Waals surface area (Å²) in [7, 11) is 0. The number of hydrogen-bond donors (Lipinski definition) is 1. The van der Waals surface area contributed by atoms with Crippen LogP contribution in [0.5, 0.6) is 0 Å². The third kappa shape index (κ3) is 4.17. The standard InChI is InChI=1S/C15H18N2OS/c1-11-12(2)19-15(17-11)9-8-14(18)16-10-13-6-4-3-5-7-13/h3-7H,8-10H2,1-2H3,(H,16,18). The molecule has 0 aliphatic heterocycles. The summed E-state index contributed by atoms with van der Waals surface area (Å²) in [5.41, 5.74) is 2.20. The zero-order chi connectivity index (χ0) is 13.7. The SMILES string of the molecule is Cc1nc(CCC(=O)NCc2ccccc2)sc1C. The summed E-state index contributed by atoms with van der Waals surface area (Å²) in [6.07, 6.45) is 1.22. The van der Waals surface area contributed by atoms with Crippen LogP contribution < -0.4 is 5.32 Å². The summed E-state index contributed by atoms with van der Waals surface area (Å²) < 4.78 is 0. The number of nitrogens with zero attached hydrogens (tertiary/aromatic N) is 1. The van der Waals surface area contributed by atoms with Crippen LogP contribution in [-0.2, 0) is 17.8 Å². The van der Waals surface area contributed by atoms with Crippen LogP contribution in [0.2, 0.25) is 0 Å². The smallest absolute Gasteiger partial charge is 0.220 e. The fourth-order valence-electron chi connectivity index (χ4n) is 1.75. The highest BCUT2D eigenvalue weighted by Crippen LogP contribution is 2.17. The third-order valence-corrected chi connectivity index (χ3v) is 4.10. The van der Waals surface area contributed by atoms with Gasteiger partial charge >= 0.3 is 0 Å². The molecule has 0 fully saturated rings. The van der Waals surface area contributed by atoms with Gasteiger partial charge in [-0.2, -0.15) is 0 Å². The zero-order valence-corrected chi connectivity index (χ0v) is 12.1. The molecule has 0 saturated heterocycles. The van der Waals surface area contributed by atoms with Crippen molar-refractivity contribution in [1.29, 1.82) is 0 Å². The number of aryl methyl sites for hydroxylation is 3. The van der Waals surface area contributed by atoms with Crippen molar-refractivity contribution < 1.29 is 4.79 Å². The minimum atomic E-state index is 0.0781. The van der Waals surface area contributed by atoms with E-state index < -0.39 is 0 Å². The van der Waals surface area contributed by atoms with E-state index in [1.165, 1.54) is 4.88 Å². The van der Waals surface area contributed by atoms with Crippen molar-refractivity contribution >= 4 is 17.2 Å². The lowest BCUT2D eigenvalue weighted by atomic mass is 10.2. The van der Waals surface area contributed by atoms with Crippen molar-refractivity contribution in [3.05, 3.63) is 51.5 Å². The Kier molecular flexibility index (Phi) is 4.68. The predicted molar refractivity (Wildman–Crippen MR) is 78.2 cm³/mol. The fourth-order valence-corrected chi connectivity index (χ4v) is 2.68. The molecule has 1 aromatic heterocycles. The molecule has 2 rings (SSSR count). The van der Waals surface area contributed by atoms with Crippen LogP contribution in [0.15, 0.2) is 30.3 Å². The Bertz CT molecular complexity index is 529. The van der Waals surface area contributed by atoms with E-state index in [1.807, 2.05) is 37.3 Å². The van der Waals surface area contributed by atoms with E-state index in [1.54, 1.807) is 11.3 Å². The second kappa shape index (κ2) is 6.48. The van der Waals surface area contributed by atoms with Gasteiger partial charge in [0, 0.05) is 24.3 Å². The van der Waals surface area contributed by atoms with Crippen LogP contribution in [0.25, 0.3) is 0 Å². The molecule has 100 valence electrons. The van der Waals surface area contributed by atoms with Gasteiger partial charge < -0.3 is 5.32 Å². The molecule has 2 aromatic rings. The van der Waals surface area contributed by atoms with Gasteiger partial charge in [0.15, 0.2) is 0 Å². The monoisotopic (exact) mass is 274 g/mol. The van der Waals surface area contributed by atoms with Gasteiger partial charge in [-0.05, 0) is 19.4 Å². The van der Waals surface area contributed by atoms with Crippen LogP contribution in [0.1, 0.15) is 27.6 Å². The van der Waals surface area contributed by atoms with E-state index in [0.29, 0.717) is 13.0 Å². The molecule has 4 heteroatoms. The average molecular weight is 274 g/mol. The highest BCUT2D eigenvalue weighted by atomic mass is 32.1. The second-order valence-electron chi connectivity index (χ2n) is 4.51. The fraction of sp³-hybridized carbons (Fsp3) is 0.333. The quantitative estimate of drug-likeness (QED) is 0.910. The largest absolute Gasteiger partial charge is 0.352 e. The van der Waals surface area contributed by atoms with Gasteiger partial charge in [-0.25, -0.2) is 4.98 Å². The Morgan fingerprint density at radius 1 is 1.26 bits per heavy atom. The van der Waals surface area contributed by atoms with Gasteiger partial charge in [-0.1, -0.05) is 30.3 Å². The number of carbonyl (C=O) groups is 1. The number of aromatic nitrogens is 1. The van der Waals surface area contributed by atoms with Crippen LogP contribution in [0, 0.1) is 13.8 Å². The number of hydrogen-bond acceptors (Lipinski definition) is 3. The first kappa shape index (κ1) is 13.7. The Balaban J connectivity index is 1.76. The number of benzene rings is 1. The van der Waals surface area contributed by atoms with Crippen molar-refractivity contribution in [2.75, 3.05) is 0 Å². The molecule has 3 nitrogen and oxygen atoms in total. The highest BCUT2D eigenvalue weighted by molar-refractivity contribution is 7.11. The van der Waals surface area contributed by atoms with Gasteiger partial charge in [0.2, 0.25) is 5.91 Å². The lowest BCUT2D eigenvalue weighted by Gasteiger charge is -2.04. The maximum absolute atomic E-state index is 11.7. The molecule has 1 N–H and O–H groups in total. The van der Waals surface area contributed by atoms with Gasteiger partial charge in [0.05, 0.1) is 10.7 Å². The summed E-state index contributed by atoms with van der Waals surface area (Å²) in [5, 5.41) is 3.97. The lowest BCUT2D eigenvalue weighted by molar-refractivity contribution is -0.121. The molecular weight excluding hydrogens is 256 g/mol.